The Bertz CT molecular complexity index is 248. The predicted octanol–water partition coefficient (Wildman–Crippen LogP) is 2.47. The SMILES string of the molecule is COCCOCCCC1(CNCC(C)C)CCOC1C. The molecular weight excluding hydrogens is 254 g/mol. The maximum Gasteiger partial charge on any atom is 0.0700 e. The molecule has 2 unspecified atom stereocenters. The van der Waals surface area contributed by atoms with Gasteiger partial charge in [-0.15, -0.1) is 0 Å². The van der Waals surface area contributed by atoms with Gasteiger partial charge in [-0.1, -0.05) is 13.8 Å². The zero-order valence-corrected chi connectivity index (χ0v) is 13.7. The second-order valence-electron chi connectivity index (χ2n) is 6.36. The summed E-state index contributed by atoms with van der Waals surface area (Å²) in [5.74, 6) is 0.696. The van der Waals surface area contributed by atoms with Crippen molar-refractivity contribution in [2.24, 2.45) is 11.3 Å². The van der Waals surface area contributed by atoms with Crippen molar-refractivity contribution in [2.75, 3.05) is 46.6 Å². The highest BCUT2D eigenvalue weighted by Gasteiger charge is 2.40. The van der Waals surface area contributed by atoms with E-state index in [0.717, 1.165) is 39.1 Å². The van der Waals surface area contributed by atoms with Crippen LogP contribution in [-0.4, -0.2) is 52.7 Å². The minimum atomic E-state index is 0.291. The number of nitrogens with one attached hydrogen (secondary N) is 1. The fourth-order valence-corrected chi connectivity index (χ4v) is 2.85. The Hall–Kier alpha value is -0.160. The van der Waals surface area contributed by atoms with Gasteiger partial charge in [-0.05, 0) is 38.6 Å². The van der Waals surface area contributed by atoms with Gasteiger partial charge in [0.2, 0.25) is 0 Å². The molecule has 2 atom stereocenters. The minimum Gasteiger partial charge on any atom is -0.382 e. The van der Waals surface area contributed by atoms with Crippen molar-refractivity contribution in [1.82, 2.24) is 5.32 Å². The zero-order chi connectivity index (χ0) is 14.8. The normalized spacial score (nSPS) is 26.6. The first-order chi connectivity index (χ1) is 9.60. The van der Waals surface area contributed by atoms with Crippen LogP contribution in [0.1, 0.15) is 40.0 Å². The summed E-state index contributed by atoms with van der Waals surface area (Å²) in [6.45, 7) is 12.0. The van der Waals surface area contributed by atoms with E-state index in [1.54, 1.807) is 7.11 Å². The van der Waals surface area contributed by atoms with Gasteiger partial charge in [0, 0.05) is 32.3 Å². The molecular formula is C16H33NO3. The summed E-state index contributed by atoms with van der Waals surface area (Å²) in [6, 6.07) is 0. The van der Waals surface area contributed by atoms with E-state index in [1.807, 2.05) is 0 Å². The molecule has 1 rings (SSSR count). The van der Waals surface area contributed by atoms with E-state index in [1.165, 1.54) is 6.42 Å². The van der Waals surface area contributed by atoms with E-state index in [4.69, 9.17) is 14.2 Å². The van der Waals surface area contributed by atoms with Crippen molar-refractivity contribution in [3.05, 3.63) is 0 Å². The van der Waals surface area contributed by atoms with Gasteiger partial charge in [-0.3, -0.25) is 0 Å². The van der Waals surface area contributed by atoms with Crippen molar-refractivity contribution in [1.29, 1.82) is 0 Å². The summed E-state index contributed by atoms with van der Waals surface area (Å²) in [6.07, 6.45) is 3.78. The molecule has 1 aliphatic rings. The number of hydrogen-bond donors (Lipinski definition) is 1. The molecule has 1 saturated heterocycles. The second kappa shape index (κ2) is 9.72. The van der Waals surface area contributed by atoms with Crippen LogP contribution in [0.5, 0.6) is 0 Å². The Balaban J connectivity index is 2.28. The standard InChI is InChI=1S/C16H33NO3/c1-14(2)12-17-13-16(7-9-20-15(16)3)6-5-8-19-11-10-18-4/h14-15,17H,5-13H2,1-4H3. The van der Waals surface area contributed by atoms with Gasteiger partial charge in [-0.25, -0.2) is 0 Å². The van der Waals surface area contributed by atoms with Gasteiger partial charge < -0.3 is 19.5 Å². The van der Waals surface area contributed by atoms with Crippen molar-refractivity contribution in [3.63, 3.8) is 0 Å². The average Bonchev–Trinajstić information content (AvgIpc) is 2.75. The third-order valence-corrected chi connectivity index (χ3v) is 4.25. The Labute approximate surface area is 124 Å². The average molecular weight is 287 g/mol. The molecule has 1 heterocycles. The lowest BCUT2D eigenvalue weighted by atomic mass is 9.77. The van der Waals surface area contributed by atoms with Crippen LogP contribution in [0.3, 0.4) is 0 Å². The predicted molar refractivity (Wildman–Crippen MR) is 82.1 cm³/mol. The summed E-state index contributed by atoms with van der Waals surface area (Å²) in [7, 11) is 1.70. The molecule has 120 valence electrons. The molecule has 0 radical (unpaired) electrons. The summed E-state index contributed by atoms with van der Waals surface area (Å²) < 4.78 is 16.4. The van der Waals surface area contributed by atoms with Crippen LogP contribution < -0.4 is 5.32 Å². The summed E-state index contributed by atoms with van der Waals surface area (Å²) in [5.41, 5.74) is 0.291. The second-order valence-corrected chi connectivity index (χ2v) is 6.36. The van der Waals surface area contributed by atoms with E-state index < -0.39 is 0 Å². The van der Waals surface area contributed by atoms with Crippen LogP contribution in [-0.2, 0) is 14.2 Å². The van der Waals surface area contributed by atoms with E-state index in [2.05, 4.69) is 26.1 Å². The highest BCUT2D eigenvalue weighted by Crippen LogP contribution is 2.38. The third-order valence-electron chi connectivity index (χ3n) is 4.25. The van der Waals surface area contributed by atoms with E-state index in [9.17, 15) is 0 Å². The highest BCUT2D eigenvalue weighted by molar-refractivity contribution is 4.91. The maximum atomic E-state index is 5.82. The lowest BCUT2D eigenvalue weighted by Gasteiger charge is -2.33. The van der Waals surface area contributed by atoms with Crippen LogP contribution >= 0.6 is 0 Å². The van der Waals surface area contributed by atoms with Gasteiger partial charge in [-0.2, -0.15) is 0 Å². The lowest BCUT2D eigenvalue weighted by Crippen LogP contribution is -2.40. The summed E-state index contributed by atoms with van der Waals surface area (Å²) >= 11 is 0. The molecule has 1 fully saturated rings. The molecule has 0 bridgehead atoms. The zero-order valence-electron chi connectivity index (χ0n) is 13.7. The first-order valence-electron chi connectivity index (χ1n) is 8.00. The fourth-order valence-electron chi connectivity index (χ4n) is 2.85. The van der Waals surface area contributed by atoms with Crippen LogP contribution in [0.2, 0.25) is 0 Å². The van der Waals surface area contributed by atoms with E-state index in [0.29, 0.717) is 30.7 Å². The monoisotopic (exact) mass is 287 g/mol. The smallest absolute Gasteiger partial charge is 0.0700 e. The Kier molecular flexibility index (Phi) is 8.69. The molecule has 0 aliphatic carbocycles. The summed E-state index contributed by atoms with van der Waals surface area (Å²) in [5, 5.41) is 3.62. The van der Waals surface area contributed by atoms with Crippen molar-refractivity contribution >= 4 is 0 Å². The molecule has 0 aromatic carbocycles. The molecule has 4 nitrogen and oxygen atoms in total. The first kappa shape index (κ1) is 17.9. The van der Waals surface area contributed by atoms with Gasteiger partial charge in [0.1, 0.15) is 0 Å². The molecule has 0 aromatic heterocycles. The number of rotatable bonds is 11. The van der Waals surface area contributed by atoms with Crippen LogP contribution in [0.25, 0.3) is 0 Å². The molecule has 20 heavy (non-hydrogen) atoms. The molecule has 0 amide bonds. The molecule has 0 saturated carbocycles. The van der Waals surface area contributed by atoms with Crippen LogP contribution in [0.15, 0.2) is 0 Å². The molecule has 1 aliphatic heterocycles. The summed E-state index contributed by atoms with van der Waals surface area (Å²) in [4.78, 5) is 0. The number of ether oxygens (including phenoxy) is 3. The van der Waals surface area contributed by atoms with E-state index >= 15 is 0 Å². The van der Waals surface area contributed by atoms with Crippen LogP contribution in [0, 0.1) is 11.3 Å². The Morgan fingerprint density at radius 3 is 2.70 bits per heavy atom. The number of methoxy groups -OCH3 is 1. The Morgan fingerprint density at radius 1 is 1.30 bits per heavy atom. The first-order valence-corrected chi connectivity index (χ1v) is 8.00. The molecule has 1 N–H and O–H groups in total. The highest BCUT2D eigenvalue weighted by atomic mass is 16.5. The Morgan fingerprint density at radius 2 is 2.10 bits per heavy atom. The maximum absolute atomic E-state index is 5.82. The third kappa shape index (κ3) is 6.08. The van der Waals surface area contributed by atoms with E-state index in [-0.39, 0.29) is 0 Å². The number of hydrogen-bond acceptors (Lipinski definition) is 4. The van der Waals surface area contributed by atoms with Gasteiger partial charge in [0.15, 0.2) is 0 Å². The topological polar surface area (TPSA) is 39.7 Å². The largest absolute Gasteiger partial charge is 0.382 e. The minimum absolute atomic E-state index is 0.291. The lowest BCUT2D eigenvalue weighted by molar-refractivity contribution is 0.0403. The van der Waals surface area contributed by atoms with Crippen molar-refractivity contribution < 1.29 is 14.2 Å². The van der Waals surface area contributed by atoms with Gasteiger partial charge in [0.25, 0.3) is 0 Å². The fraction of sp³-hybridized carbons (Fsp3) is 1.00. The van der Waals surface area contributed by atoms with Crippen molar-refractivity contribution in [2.45, 2.75) is 46.1 Å². The van der Waals surface area contributed by atoms with Gasteiger partial charge >= 0.3 is 0 Å². The molecule has 0 spiro atoms. The quantitative estimate of drug-likeness (QED) is 0.593. The molecule has 0 aromatic rings. The molecule has 4 heteroatoms. The van der Waals surface area contributed by atoms with Gasteiger partial charge in [0.05, 0.1) is 19.3 Å². The van der Waals surface area contributed by atoms with Crippen LogP contribution in [0.4, 0.5) is 0 Å². The van der Waals surface area contributed by atoms with Crippen molar-refractivity contribution in [3.8, 4) is 0 Å².